The zero-order chi connectivity index (χ0) is 17.5. The van der Waals surface area contributed by atoms with E-state index in [4.69, 9.17) is 14.2 Å². The molecule has 24 heavy (non-hydrogen) atoms. The molecule has 1 aromatic rings. The maximum atomic E-state index is 12.6. The minimum Gasteiger partial charge on any atom is -0.466 e. The van der Waals surface area contributed by atoms with Crippen LogP contribution in [0.5, 0.6) is 5.75 Å². The van der Waals surface area contributed by atoms with Crippen molar-refractivity contribution in [2.24, 2.45) is 0 Å². The number of nitrogens with zero attached hydrogens (tertiary/aromatic N) is 1. The van der Waals surface area contributed by atoms with Gasteiger partial charge in [0.1, 0.15) is 5.75 Å². The summed E-state index contributed by atoms with van der Waals surface area (Å²) in [6, 6.07) is 6.96. The molecule has 7 heteroatoms. The molecule has 1 heterocycles. The molecule has 0 saturated heterocycles. The van der Waals surface area contributed by atoms with E-state index < -0.39 is 18.0 Å². The lowest BCUT2D eigenvalue weighted by Crippen LogP contribution is -2.50. The average molecular weight is 335 g/mol. The number of carbonyl (C=O) groups is 3. The molecule has 1 amide bonds. The molecule has 1 aromatic carbocycles. The van der Waals surface area contributed by atoms with Crippen LogP contribution in [-0.4, -0.2) is 43.7 Å². The lowest BCUT2D eigenvalue weighted by Gasteiger charge is -2.33. The second-order valence-corrected chi connectivity index (χ2v) is 5.12. The van der Waals surface area contributed by atoms with Crippen molar-refractivity contribution >= 4 is 23.5 Å². The Balaban J connectivity index is 2.13. The van der Waals surface area contributed by atoms with E-state index >= 15 is 0 Å². The molecule has 0 aromatic heterocycles. The molecular formula is C17H21NO6. The van der Waals surface area contributed by atoms with Gasteiger partial charge in [-0.25, -0.2) is 4.79 Å². The van der Waals surface area contributed by atoms with Gasteiger partial charge < -0.3 is 19.1 Å². The van der Waals surface area contributed by atoms with E-state index in [1.54, 1.807) is 38.1 Å². The molecule has 1 aliphatic rings. The van der Waals surface area contributed by atoms with Crippen molar-refractivity contribution in [3.05, 3.63) is 24.3 Å². The number of rotatable bonds is 7. The van der Waals surface area contributed by atoms with Crippen molar-refractivity contribution in [2.45, 2.75) is 32.8 Å². The molecule has 0 spiro atoms. The van der Waals surface area contributed by atoms with E-state index in [2.05, 4.69) is 0 Å². The smallest absolute Gasteiger partial charge is 0.357 e. The van der Waals surface area contributed by atoms with Crippen LogP contribution in [0.4, 0.5) is 5.69 Å². The molecular weight excluding hydrogens is 314 g/mol. The van der Waals surface area contributed by atoms with Crippen LogP contribution < -0.4 is 9.64 Å². The van der Waals surface area contributed by atoms with Crippen molar-refractivity contribution in [2.75, 3.05) is 24.7 Å². The second kappa shape index (κ2) is 8.33. The van der Waals surface area contributed by atoms with Crippen LogP contribution in [0.2, 0.25) is 0 Å². The fraction of sp³-hybridized carbons (Fsp3) is 0.471. The zero-order valence-electron chi connectivity index (χ0n) is 13.8. The van der Waals surface area contributed by atoms with Crippen molar-refractivity contribution in [3.8, 4) is 5.75 Å². The Hall–Kier alpha value is -2.57. The zero-order valence-corrected chi connectivity index (χ0v) is 13.8. The number of hydrogen-bond donors (Lipinski definition) is 0. The quantitative estimate of drug-likeness (QED) is 0.557. The van der Waals surface area contributed by atoms with E-state index in [-0.39, 0.29) is 25.5 Å². The first-order valence-corrected chi connectivity index (χ1v) is 7.97. The fourth-order valence-corrected chi connectivity index (χ4v) is 2.43. The van der Waals surface area contributed by atoms with Gasteiger partial charge in [0.15, 0.2) is 0 Å². The van der Waals surface area contributed by atoms with E-state index in [0.717, 1.165) is 0 Å². The summed E-state index contributed by atoms with van der Waals surface area (Å²) in [5, 5.41) is 0. The van der Waals surface area contributed by atoms with Crippen molar-refractivity contribution in [1.82, 2.24) is 0 Å². The standard InChI is InChI=1S/C17H21NO6/c1-3-22-14(19)10-7-11-18-12-8-5-6-9-13(12)24-15(16(18)20)17(21)23-4-2/h5-6,8-9,15H,3-4,7,10-11H2,1-2H3. The van der Waals surface area contributed by atoms with Gasteiger partial charge in [-0.3, -0.25) is 9.59 Å². The van der Waals surface area contributed by atoms with Gasteiger partial charge in [-0.2, -0.15) is 0 Å². The molecule has 7 nitrogen and oxygen atoms in total. The number of benzene rings is 1. The summed E-state index contributed by atoms with van der Waals surface area (Å²) in [7, 11) is 0. The van der Waals surface area contributed by atoms with Crippen LogP contribution in [0.25, 0.3) is 0 Å². The summed E-state index contributed by atoms with van der Waals surface area (Å²) < 4.78 is 15.3. The molecule has 0 saturated carbocycles. The van der Waals surface area contributed by atoms with E-state index in [9.17, 15) is 14.4 Å². The fourth-order valence-electron chi connectivity index (χ4n) is 2.43. The molecule has 1 atom stereocenters. The van der Waals surface area contributed by atoms with Crippen LogP contribution >= 0.6 is 0 Å². The van der Waals surface area contributed by atoms with Gasteiger partial charge in [0.05, 0.1) is 18.9 Å². The molecule has 0 aliphatic carbocycles. The summed E-state index contributed by atoms with van der Waals surface area (Å²) in [5.74, 6) is -1.08. The topological polar surface area (TPSA) is 82.1 Å². The van der Waals surface area contributed by atoms with Gasteiger partial charge in [0.25, 0.3) is 12.0 Å². The molecule has 1 unspecified atom stereocenters. The molecule has 0 bridgehead atoms. The van der Waals surface area contributed by atoms with Gasteiger partial charge in [0, 0.05) is 13.0 Å². The Kier molecular flexibility index (Phi) is 6.17. The summed E-state index contributed by atoms with van der Waals surface area (Å²) in [4.78, 5) is 37.5. The highest BCUT2D eigenvalue weighted by Gasteiger charge is 2.39. The third-order valence-electron chi connectivity index (χ3n) is 3.46. The SMILES string of the molecule is CCOC(=O)CCCN1C(=O)C(C(=O)OCC)Oc2ccccc21. The summed E-state index contributed by atoms with van der Waals surface area (Å²) in [5.41, 5.74) is 0.576. The molecule has 0 radical (unpaired) electrons. The number of carbonyl (C=O) groups excluding carboxylic acids is 3. The summed E-state index contributed by atoms with van der Waals surface area (Å²) >= 11 is 0. The third kappa shape index (κ3) is 4.04. The Labute approximate surface area is 140 Å². The Morgan fingerprint density at radius 3 is 2.58 bits per heavy atom. The lowest BCUT2D eigenvalue weighted by atomic mass is 10.1. The van der Waals surface area contributed by atoms with Gasteiger partial charge in [-0.05, 0) is 32.4 Å². The average Bonchev–Trinajstić information content (AvgIpc) is 2.57. The van der Waals surface area contributed by atoms with E-state index in [1.807, 2.05) is 0 Å². The number of esters is 2. The molecule has 1 aliphatic heterocycles. The number of amides is 1. The number of hydrogen-bond acceptors (Lipinski definition) is 6. The molecule has 0 fully saturated rings. The van der Waals surface area contributed by atoms with Crippen LogP contribution in [0.15, 0.2) is 24.3 Å². The minimum atomic E-state index is -1.32. The van der Waals surface area contributed by atoms with Crippen molar-refractivity contribution in [3.63, 3.8) is 0 Å². The second-order valence-electron chi connectivity index (χ2n) is 5.12. The number of para-hydroxylation sites is 2. The number of anilines is 1. The summed E-state index contributed by atoms with van der Waals surface area (Å²) in [6.45, 7) is 4.17. The van der Waals surface area contributed by atoms with Gasteiger partial charge in [0.2, 0.25) is 0 Å². The largest absolute Gasteiger partial charge is 0.466 e. The Morgan fingerprint density at radius 2 is 1.88 bits per heavy atom. The molecule has 0 N–H and O–H groups in total. The molecule has 2 rings (SSSR count). The normalized spacial score (nSPS) is 16.2. The van der Waals surface area contributed by atoms with Gasteiger partial charge in [-0.15, -0.1) is 0 Å². The van der Waals surface area contributed by atoms with Gasteiger partial charge in [-0.1, -0.05) is 12.1 Å². The monoisotopic (exact) mass is 335 g/mol. The Bertz CT molecular complexity index is 615. The van der Waals surface area contributed by atoms with Gasteiger partial charge >= 0.3 is 11.9 Å². The predicted molar refractivity (Wildman–Crippen MR) is 85.7 cm³/mol. The maximum Gasteiger partial charge on any atom is 0.357 e. The Morgan fingerprint density at radius 1 is 1.17 bits per heavy atom. The number of ether oxygens (including phenoxy) is 3. The van der Waals surface area contributed by atoms with E-state index in [0.29, 0.717) is 24.5 Å². The van der Waals surface area contributed by atoms with Crippen LogP contribution in [0.3, 0.4) is 0 Å². The lowest BCUT2D eigenvalue weighted by molar-refractivity contribution is -0.156. The molecule has 130 valence electrons. The van der Waals surface area contributed by atoms with E-state index in [1.165, 1.54) is 4.90 Å². The van der Waals surface area contributed by atoms with Crippen molar-refractivity contribution < 1.29 is 28.6 Å². The van der Waals surface area contributed by atoms with Crippen LogP contribution in [0, 0.1) is 0 Å². The maximum absolute atomic E-state index is 12.6. The highest BCUT2D eigenvalue weighted by Crippen LogP contribution is 2.34. The number of fused-ring (bicyclic) bond motifs is 1. The first-order chi connectivity index (χ1) is 11.6. The predicted octanol–water partition coefficient (Wildman–Crippen LogP) is 1.69. The minimum absolute atomic E-state index is 0.163. The third-order valence-corrected chi connectivity index (χ3v) is 3.46. The van der Waals surface area contributed by atoms with Crippen molar-refractivity contribution in [1.29, 1.82) is 0 Å². The van der Waals surface area contributed by atoms with Crippen LogP contribution in [-0.2, 0) is 23.9 Å². The summed E-state index contributed by atoms with van der Waals surface area (Å²) in [6.07, 6.45) is -0.693. The van der Waals surface area contributed by atoms with Crippen LogP contribution in [0.1, 0.15) is 26.7 Å². The highest BCUT2D eigenvalue weighted by molar-refractivity contribution is 6.11. The first-order valence-electron chi connectivity index (χ1n) is 7.97. The highest BCUT2D eigenvalue weighted by atomic mass is 16.6. The first kappa shape index (κ1) is 17.8.